The third-order valence-corrected chi connectivity index (χ3v) is 7.10. The molecule has 2 aromatic rings. The molecule has 0 aliphatic carbocycles. The molecule has 2 fully saturated rings. The first-order valence-corrected chi connectivity index (χ1v) is 11.9. The Morgan fingerprint density at radius 1 is 1.09 bits per heavy atom. The summed E-state index contributed by atoms with van der Waals surface area (Å²) in [6, 6.07) is 14.2. The zero-order valence-electron chi connectivity index (χ0n) is 20.1. The second kappa shape index (κ2) is 10.6. The van der Waals surface area contributed by atoms with Crippen LogP contribution < -0.4 is 14.8 Å². The first-order valence-electron chi connectivity index (χ1n) is 11.9. The van der Waals surface area contributed by atoms with Crippen molar-refractivity contribution in [3.8, 4) is 11.5 Å². The highest BCUT2D eigenvalue weighted by Crippen LogP contribution is 2.39. The molecule has 0 bridgehead atoms. The Morgan fingerprint density at radius 3 is 2.58 bits per heavy atom. The summed E-state index contributed by atoms with van der Waals surface area (Å²) < 4.78 is 17.1. The number of likely N-dealkylation sites (tertiary alicyclic amines) is 1. The normalized spacial score (nSPS) is 20.0. The van der Waals surface area contributed by atoms with Crippen LogP contribution in [0.3, 0.4) is 0 Å². The van der Waals surface area contributed by atoms with Crippen molar-refractivity contribution in [2.75, 3.05) is 33.9 Å². The van der Waals surface area contributed by atoms with Crippen molar-refractivity contribution in [2.24, 2.45) is 0 Å². The molecule has 2 heterocycles. The van der Waals surface area contributed by atoms with Crippen molar-refractivity contribution >= 4 is 5.91 Å². The molecule has 6 nitrogen and oxygen atoms in total. The van der Waals surface area contributed by atoms with E-state index >= 15 is 0 Å². The van der Waals surface area contributed by atoms with Crippen molar-refractivity contribution in [1.82, 2.24) is 10.2 Å². The summed E-state index contributed by atoms with van der Waals surface area (Å²) in [4.78, 5) is 15.0. The Hall–Kier alpha value is -2.57. The van der Waals surface area contributed by atoms with Gasteiger partial charge in [-0.05, 0) is 61.4 Å². The summed E-state index contributed by atoms with van der Waals surface area (Å²) in [7, 11) is 3.20. The Balaban J connectivity index is 1.21. The van der Waals surface area contributed by atoms with Gasteiger partial charge >= 0.3 is 0 Å². The molecule has 1 atom stereocenters. The van der Waals surface area contributed by atoms with Crippen LogP contribution in [-0.2, 0) is 22.5 Å². The van der Waals surface area contributed by atoms with Crippen LogP contribution in [-0.4, -0.2) is 56.4 Å². The third kappa shape index (κ3) is 5.87. The molecule has 4 rings (SSSR count). The molecule has 1 N–H and O–H groups in total. The van der Waals surface area contributed by atoms with E-state index in [1.54, 1.807) is 14.2 Å². The highest BCUT2D eigenvalue weighted by molar-refractivity contribution is 5.78. The molecule has 2 saturated heterocycles. The van der Waals surface area contributed by atoms with Gasteiger partial charge in [-0.2, -0.15) is 0 Å². The molecule has 2 aromatic carbocycles. The summed E-state index contributed by atoms with van der Waals surface area (Å²) in [5, 5.41) is 3.06. The smallest absolute Gasteiger partial charge is 0.224 e. The van der Waals surface area contributed by atoms with Gasteiger partial charge < -0.3 is 19.5 Å². The molecule has 0 radical (unpaired) electrons. The Kier molecular flexibility index (Phi) is 7.56. The molecule has 0 saturated carbocycles. The molecular weight excluding hydrogens is 416 g/mol. The van der Waals surface area contributed by atoms with Gasteiger partial charge in [-0.1, -0.05) is 30.3 Å². The van der Waals surface area contributed by atoms with Gasteiger partial charge in [0.1, 0.15) is 0 Å². The maximum absolute atomic E-state index is 12.5. The lowest BCUT2D eigenvalue weighted by Crippen LogP contribution is -2.45. The SMILES string of the molecule is COc1ccc(CC(=O)NC[C@H]2CCC3(CCN(Cc4ccccc4C)CC3)O2)cc1OC. The van der Waals surface area contributed by atoms with Gasteiger partial charge in [-0.25, -0.2) is 0 Å². The fourth-order valence-corrected chi connectivity index (χ4v) is 5.02. The molecule has 6 heteroatoms. The first-order chi connectivity index (χ1) is 16.0. The minimum atomic E-state index is -0.0129. The number of nitrogens with zero attached hydrogens (tertiary/aromatic N) is 1. The molecule has 2 aliphatic heterocycles. The van der Waals surface area contributed by atoms with E-state index < -0.39 is 0 Å². The summed E-state index contributed by atoms with van der Waals surface area (Å²) in [6.45, 7) is 5.89. The Morgan fingerprint density at radius 2 is 1.85 bits per heavy atom. The number of amides is 1. The lowest BCUT2D eigenvalue weighted by Gasteiger charge is -2.39. The lowest BCUT2D eigenvalue weighted by molar-refractivity contribution is -0.122. The maximum Gasteiger partial charge on any atom is 0.224 e. The van der Waals surface area contributed by atoms with E-state index in [0.29, 0.717) is 24.5 Å². The number of nitrogens with one attached hydrogen (secondary N) is 1. The highest BCUT2D eigenvalue weighted by atomic mass is 16.5. The third-order valence-electron chi connectivity index (χ3n) is 7.10. The molecule has 0 unspecified atom stereocenters. The second-order valence-corrected chi connectivity index (χ2v) is 9.33. The van der Waals surface area contributed by atoms with Gasteiger partial charge in [-0.15, -0.1) is 0 Å². The van der Waals surface area contributed by atoms with Crippen LogP contribution in [0.5, 0.6) is 11.5 Å². The minimum absolute atomic E-state index is 0.000167. The van der Waals surface area contributed by atoms with E-state index in [1.807, 2.05) is 18.2 Å². The molecule has 178 valence electrons. The molecular formula is C27H36N2O4. The van der Waals surface area contributed by atoms with E-state index in [0.717, 1.165) is 50.9 Å². The fourth-order valence-electron chi connectivity index (χ4n) is 5.02. The molecule has 1 amide bonds. The Bertz CT molecular complexity index is 953. The van der Waals surface area contributed by atoms with Gasteiger partial charge in [-0.3, -0.25) is 9.69 Å². The van der Waals surface area contributed by atoms with Crippen molar-refractivity contribution in [3.05, 3.63) is 59.2 Å². The van der Waals surface area contributed by atoms with Crippen LogP contribution in [0.25, 0.3) is 0 Å². The van der Waals surface area contributed by atoms with E-state index in [9.17, 15) is 4.79 Å². The van der Waals surface area contributed by atoms with Gasteiger partial charge in [0, 0.05) is 26.2 Å². The summed E-state index contributed by atoms with van der Waals surface area (Å²) in [6.07, 6.45) is 4.63. The van der Waals surface area contributed by atoms with Crippen LogP contribution >= 0.6 is 0 Å². The Labute approximate surface area is 197 Å². The summed E-state index contributed by atoms with van der Waals surface area (Å²) in [5.41, 5.74) is 3.66. The monoisotopic (exact) mass is 452 g/mol. The number of carbonyl (C=O) groups is 1. The van der Waals surface area contributed by atoms with Crippen LogP contribution in [0.2, 0.25) is 0 Å². The molecule has 1 spiro atoms. The lowest BCUT2D eigenvalue weighted by atomic mass is 9.88. The predicted molar refractivity (Wildman–Crippen MR) is 129 cm³/mol. The number of benzene rings is 2. The number of hydrogen-bond acceptors (Lipinski definition) is 5. The standard InChI is InChI=1S/C27H36N2O4/c1-20-6-4-5-7-22(20)19-29-14-12-27(13-15-29)11-10-23(33-27)18-28-26(30)17-21-8-9-24(31-2)25(16-21)32-3/h4-9,16,23H,10-15,17-19H2,1-3H3,(H,28,30)/t23-/m1/s1. The van der Waals surface area contributed by atoms with Crippen molar-refractivity contribution < 1.29 is 19.0 Å². The van der Waals surface area contributed by atoms with Crippen LogP contribution in [0.15, 0.2) is 42.5 Å². The quantitative estimate of drug-likeness (QED) is 0.659. The van der Waals surface area contributed by atoms with Gasteiger partial charge in [0.2, 0.25) is 5.91 Å². The number of aryl methyl sites for hydroxylation is 1. The average molecular weight is 453 g/mol. The average Bonchev–Trinajstić information content (AvgIpc) is 3.23. The first kappa shape index (κ1) is 23.6. The zero-order valence-corrected chi connectivity index (χ0v) is 20.1. The number of methoxy groups -OCH3 is 2. The van der Waals surface area contributed by atoms with Crippen LogP contribution in [0, 0.1) is 6.92 Å². The molecule has 0 aromatic heterocycles. The van der Waals surface area contributed by atoms with E-state index in [4.69, 9.17) is 14.2 Å². The predicted octanol–water partition coefficient (Wildman–Crippen LogP) is 3.88. The number of ether oxygens (including phenoxy) is 3. The van der Waals surface area contributed by atoms with Crippen LogP contribution in [0.1, 0.15) is 42.4 Å². The minimum Gasteiger partial charge on any atom is -0.493 e. The molecule has 2 aliphatic rings. The van der Waals surface area contributed by atoms with Crippen LogP contribution in [0.4, 0.5) is 0 Å². The number of piperidine rings is 1. The van der Waals surface area contributed by atoms with E-state index in [1.165, 1.54) is 11.1 Å². The molecule has 33 heavy (non-hydrogen) atoms. The summed E-state index contributed by atoms with van der Waals surface area (Å²) >= 11 is 0. The van der Waals surface area contributed by atoms with Crippen molar-refractivity contribution in [2.45, 2.75) is 57.3 Å². The van der Waals surface area contributed by atoms with Gasteiger partial charge in [0.25, 0.3) is 0 Å². The number of rotatable bonds is 8. The van der Waals surface area contributed by atoms with Crippen molar-refractivity contribution in [3.63, 3.8) is 0 Å². The van der Waals surface area contributed by atoms with Crippen molar-refractivity contribution in [1.29, 1.82) is 0 Å². The zero-order chi connectivity index (χ0) is 23.3. The topological polar surface area (TPSA) is 60.0 Å². The van der Waals surface area contributed by atoms with Gasteiger partial charge in [0.05, 0.1) is 32.3 Å². The highest BCUT2D eigenvalue weighted by Gasteiger charge is 2.42. The fraction of sp³-hybridized carbons (Fsp3) is 0.519. The van der Waals surface area contributed by atoms with E-state index in [2.05, 4.69) is 41.4 Å². The second-order valence-electron chi connectivity index (χ2n) is 9.33. The van der Waals surface area contributed by atoms with E-state index in [-0.39, 0.29) is 17.6 Å². The van der Waals surface area contributed by atoms with Gasteiger partial charge in [0.15, 0.2) is 11.5 Å². The number of hydrogen-bond donors (Lipinski definition) is 1. The summed E-state index contributed by atoms with van der Waals surface area (Å²) in [5.74, 6) is 1.30. The largest absolute Gasteiger partial charge is 0.493 e. The maximum atomic E-state index is 12.5. The number of carbonyl (C=O) groups excluding carboxylic acids is 1.